The van der Waals surface area contributed by atoms with Crippen LogP contribution in [0, 0.1) is 5.92 Å². The largest absolute Gasteiger partial charge is 0.467 e. The molecule has 126 valence electrons. The number of carbonyl (C=O) groups is 2. The lowest BCUT2D eigenvalue weighted by atomic mass is 10.0. The quantitative estimate of drug-likeness (QED) is 0.780. The van der Waals surface area contributed by atoms with Crippen LogP contribution in [0.3, 0.4) is 0 Å². The standard InChI is InChI=1S/C16H22N2O5/c1-10(2)6-12(15(19)21-3)18-16(20)17-8-11-4-5-13-14(7-11)23-9-22-13/h4-5,7,10,12H,6,8-9H2,1-3H3,(H2,17,18,20). The molecule has 1 unspecified atom stereocenters. The van der Waals surface area contributed by atoms with Crippen molar-refractivity contribution < 1.29 is 23.8 Å². The molecular formula is C16H22N2O5. The van der Waals surface area contributed by atoms with Gasteiger partial charge in [-0.25, -0.2) is 9.59 Å². The zero-order valence-electron chi connectivity index (χ0n) is 13.5. The first-order valence-electron chi connectivity index (χ1n) is 7.50. The molecule has 0 saturated carbocycles. The van der Waals surface area contributed by atoms with Gasteiger partial charge in [0.25, 0.3) is 0 Å². The number of amides is 2. The topological polar surface area (TPSA) is 85.9 Å². The Morgan fingerprint density at radius 3 is 2.70 bits per heavy atom. The third-order valence-electron chi connectivity index (χ3n) is 3.39. The van der Waals surface area contributed by atoms with Crippen molar-refractivity contribution in [3.05, 3.63) is 23.8 Å². The third kappa shape index (κ3) is 4.77. The Kier molecular flexibility index (Phi) is 5.67. The first-order valence-corrected chi connectivity index (χ1v) is 7.50. The average Bonchev–Trinajstić information content (AvgIpc) is 2.98. The highest BCUT2D eigenvalue weighted by molar-refractivity contribution is 5.83. The predicted molar refractivity (Wildman–Crippen MR) is 83.2 cm³/mol. The fourth-order valence-electron chi connectivity index (χ4n) is 2.27. The van der Waals surface area contributed by atoms with Gasteiger partial charge in [-0.15, -0.1) is 0 Å². The second-order valence-electron chi connectivity index (χ2n) is 5.72. The summed E-state index contributed by atoms with van der Waals surface area (Å²) in [5.41, 5.74) is 0.878. The van der Waals surface area contributed by atoms with Crippen LogP contribution < -0.4 is 20.1 Å². The molecule has 0 radical (unpaired) electrons. The second kappa shape index (κ2) is 7.71. The van der Waals surface area contributed by atoms with E-state index in [1.165, 1.54) is 7.11 Å². The van der Waals surface area contributed by atoms with Gasteiger partial charge in [0, 0.05) is 6.54 Å². The zero-order valence-corrected chi connectivity index (χ0v) is 13.5. The number of fused-ring (bicyclic) bond motifs is 1. The minimum absolute atomic E-state index is 0.211. The van der Waals surface area contributed by atoms with Crippen molar-refractivity contribution in [2.75, 3.05) is 13.9 Å². The van der Waals surface area contributed by atoms with Crippen LogP contribution in [0.1, 0.15) is 25.8 Å². The summed E-state index contributed by atoms with van der Waals surface area (Å²) in [6.45, 7) is 4.48. The minimum Gasteiger partial charge on any atom is -0.467 e. The number of rotatable bonds is 6. The number of benzene rings is 1. The van der Waals surface area contributed by atoms with Crippen molar-refractivity contribution in [2.24, 2.45) is 5.92 Å². The van der Waals surface area contributed by atoms with Crippen molar-refractivity contribution >= 4 is 12.0 Å². The van der Waals surface area contributed by atoms with Gasteiger partial charge in [0.2, 0.25) is 6.79 Å². The van der Waals surface area contributed by atoms with E-state index in [1.54, 1.807) is 6.07 Å². The molecule has 0 spiro atoms. The van der Waals surface area contributed by atoms with Gasteiger partial charge < -0.3 is 24.8 Å². The molecule has 7 heteroatoms. The molecule has 0 saturated heterocycles. The van der Waals surface area contributed by atoms with Gasteiger partial charge in [-0.3, -0.25) is 0 Å². The first kappa shape index (κ1) is 16.9. The Balaban J connectivity index is 1.87. The highest BCUT2D eigenvalue weighted by atomic mass is 16.7. The van der Waals surface area contributed by atoms with Gasteiger partial charge in [-0.2, -0.15) is 0 Å². The number of hydrogen-bond donors (Lipinski definition) is 2. The smallest absolute Gasteiger partial charge is 0.328 e. The van der Waals surface area contributed by atoms with E-state index in [2.05, 4.69) is 10.6 Å². The lowest BCUT2D eigenvalue weighted by Gasteiger charge is -2.18. The number of urea groups is 1. The van der Waals surface area contributed by atoms with Crippen LogP contribution in [-0.4, -0.2) is 31.9 Å². The number of ether oxygens (including phenoxy) is 3. The van der Waals surface area contributed by atoms with Crippen LogP contribution in [0.25, 0.3) is 0 Å². The van der Waals surface area contributed by atoms with E-state index >= 15 is 0 Å². The van der Waals surface area contributed by atoms with E-state index in [4.69, 9.17) is 14.2 Å². The Labute approximate surface area is 135 Å². The molecule has 0 fully saturated rings. The van der Waals surface area contributed by atoms with Crippen LogP contribution in [0.15, 0.2) is 18.2 Å². The van der Waals surface area contributed by atoms with Crippen LogP contribution in [0.5, 0.6) is 11.5 Å². The highest BCUT2D eigenvalue weighted by Crippen LogP contribution is 2.32. The molecule has 23 heavy (non-hydrogen) atoms. The van der Waals surface area contributed by atoms with E-state index in [0.29, 0.717) is 24.5 Å². The van der Waals surface area contributed by atoms with Crippen LogP contribution in [0.2, 0.25) is 0 Å². The Morgan fingerprint density at radius 1 is 1.26 bits per heavy atom. The van der Waals surface area contributed by atoms with Gasteiger partial charge >= 0.3 is 12.0 Å². The predicted octanol–water partition coefficient (Wildman–Crippen LogP) is 1.80. The molecule has 2 N–H and O–H groups in total. The van der Waals surface area contributed by atoms with Gasteiger partial charge in [0.15, 0.2) is 11.5 Å². The molecule has 1 aliphatic heterocycles. The van der Waals surface area contributed by atoms with Gasteiger partial charge in [0.1, 0.15) is 6.04 Å². The Bertz CT molecular complexity index is 574. The van der Waals surface area contributed by atoms with Crippen LogP contribution >= 0.6 is 0 Å². The minimum atomic E-state index is -0.656. The molecule has 0 bridgehead atoms. The summed E-state index contributed by atoms with van der Waals surface area (Å²) in [4.78, 5) is 23.7. The molecule has 1 heterocycles. The van der Waals surface area contributed by atoms with Crippen LogP contribution in [0.4, 0.5) is 4.79 Å². The number of esters is 1. The molecule has 2 amide bonds. The Hall–Kier alpha value is -2.44. The maximum atomic E-state index is 12.0. The summed E-state index contributed by atoms with van der Waals surface area (Å²) in [6, 6.07) is 4.39. The molecule has 1 atom stereocenters. The van der Waals surface area contributed by atoms with Crippen molar-refractivity contribution in [3.63, 3.8) is 0 Å². The van der Waals surface area contributed by atoms with E-state index in [0.717, 1.165) is 5.56 Å². The maximum Gasteiger partial charge on any atom is 0.328 e. The van der Waals surface area contributed by atoms with E-state index in [1.807, 2.05) is 26.0 Å². The van der Waals surface area contributed by atoms with E-state index in [-0.39, 0.29) is 12.7 Å². The summed E-state index contributed by atoms with van der Waals surface area (Å²) in [5.74, 6) is 1.17. The summed E-state index contributed by atoms with van der Waals surface area (Å²) in [6.07, 6.45) is 0.518. The molecule has 0 aromatic heterocycles. The average molecular weight is 322 g/mol. The summed E-state index contributed by atoms with van der Waals surface area (Å²) in [5, 5.41) is 5.36. The van der Waals surface area contributed by atoms with Crippen molar-refractivity contribution in [1.29, 1.82) is 0 Å². The zero-order chi connectivity index (χ0) is 16.8. The van der Waals surface area contributed by atoms with Crippen molar-refractivity contribution in [3.8, 4) is 11.5 Å². The lowest BCUT2D eigenvalue weighted by molar-refractivity contribution is -0.143. The summed E-state index contributed by atoms with van der Waals surface area (Å²) >= 11 is 0. The van der Waals surface area contributed by atoms with E-state index < -0.39 is 18.0 Å². The lowest BCUT2D eigenvalue weighted by Crippen LogP contribution is -2.46. The number of carbonyl (C=O) groups excluding carboxylic acids is 2. The summed E-state index contributed by atoms with van der Waals surface area (Å²) in [7, 11) is 1.31. The van der Waals surface area contributed by atoms with Gasteiger partial charge in [0.05, 0.1) is 7.11 Å². The molecule has 1 aromatic rings. The monoisotopic (exact) mass is 322 g/mol. The molecule has 1 aliphatic rings. The molecule has 2 rings (SSSR count). The maximum absolute atomic E-state index is 12.0. The number of methoxy groups -OCH3 is 1. The molecule has 1 aromatic carbocycles. The molecular weight excluding hydrogens is 300 g/mol. The number of hydrogen-bond acceptors (Lipinski definition) is 5. The third-order valence-corrected chi connectivity index (χ3v) is 3.39. The second-order valence-corrected chi connectivity index (χ2v) is 5.72. The Morgan fingerprint density at radius 2 is 2.00 bits per heavy atom. The highest BCUT2D eigenvalue weighted by Gasteiger charge is 2.22. The van der Waals surface area contributed by atoms with Crippen molar-refractivity contribution in [1.82, 2.24) is 10.6 Å². The van der Waals surface area contributed by atoms with Gasteiger partial charge in [-0.1, -0.05) is 19.9 Å². The fraction of sp³-hybridized carbons (Fsp3) is 0.500. The van der Waals surface area contributed by atoms with Gasteiger partial charge in [-0.05, 0) is 30.0 Å². The normalized spacial score (nSPS) is 13.6. The first-order chi connectivity index (χ1) is 11.0. The SMILES string of the molecule is COC(=O)C(CC(C)C)NC(=O)NCc1ccc2c(c1)OCO2. The summed E-state index contributed by atoms with van der Waals surface area (Å²) < 4.78 is 15.2. The van der Waals surface area contributed by atoms with Crippen LogP contribution in [-0.2, 0) is 16.1 Å². The molecule has 0 aliphatic carbocycles. The fourth-order valence-corrected chi connectivity index (χ4v) is 2.27. The van der Waals surface area contributed by atoms with Crippen molar-refractivity contribution in [2.45, 2.75) is 32.9 Å². The van der Waals surface area contributed by atoms with E-state index in [9.17, 15) is 9.59 Å². The molecule has 7 nitrogen and oxygen atoms in total. The number of nitrogens with one attached hydrogen (secondary N) is 2.